The molecule has 0 aromatic carbocycles. The van der Waals surface area contributed by atoms with E-state index < -0.39 is 6.16 Å². The average molecular weight is 369 g/mol. The van der Waals surface area contributed by atoms with Crippen LogP contribution in [0.25, 0.3) is 0 Å². The van der Waals surface area contributed by atoms with Crippen molar-refractivity contribution in [1.82, 2.24) is 0 Å². The molecular formula is C23H44O3. The number of unbranched alkanes of at least 4 members (excludes halogenated alkanes) is 9. The van der Waals surface area contributed by atoms with Crippen LogP contribution in [-0.2, 0) is 9.47 Å². The predicted molar refractivity (Wildman–Crippen MR) is 112 cm³/mol. The monoisotopic (exact) mass is 368 g/mol. The summed E-state index contributed by atoms with van der Waals surface area (Å²) < 4.78 is 10.0. The first-order valence-corrected chi connectivity index (χ1v) is 11.0. The van der Waals surface area contributed by atoms with Crippen LogP contribution in [0.5, 0.6) is 0 Å². The Bertz CT molecular complexity index is 336. The first-order chi connectivity index (χ1) is 12.6. The number of hydrogen-bond acceptors (Lipinski definition) is 3. The third-order valence-electron chi connectivity index (χ3n) is 4.50. The van der Waals surface area contributed by atoms with E-state index in [0.29, 0.717) is 19.1 Å². The SMILES string of the molecule is CCCCCCC(C)/C=C/CCCCCCCCOC(=O)OCC(C)C. The second-order valence-electron chi connectivity index (χ2n) is 7.97. The molecule has 3 heteroatoms. The molecule has 0 aromatic rings. The predicted octanol–water partition coefficient (Wildman–Crippen LogP) is 7.69. The van der Waals surface area contributed by atoms with Crippen molar-refractivity contribution in [3.05, 3.63) is 12.2 Å². The second-order valence-corrected chi connectivity index (χ2v) is 7.97. The van der Waals surface area contributed by atoms with Gasteiger partial charge in [0.25, 0.3) is 0 Å². The minimum atomic E-state index is -0.523. The van der Waals surface area contributed by atoms with Crippen LogP contribution in [0.15, 0.2) is 12.2 Å². The van der Waals surface area contributed by atoms with Gasteiger partial charge in [0, 0.05) is 0 Å². The fourth-order valence-electron chi connectivity index (χ4n) is 2.82. The van der Waals surface area contributed by atoms with Gasteiger partial charge in [-0.1, -0.05) is 91.2 Å². The summed E-state index contributed by atoms with van der Waals surface area (Å²) >= 11 is 0. The third-order valence-corrected chi connectivity index (χ3v) is 4.50. The lowest BCUT2D eigenvalue weighted by Crippen LogP contribution is -2.12. The molecule has 0 radical (unpaired) electrons. The standard InChI is InChI=1S/C23H44O3/c1-5-6-7-14-17-22(4)18-15-12-10-8-9-11-13-16-19-25-23(24)26-20-21(2)3/h15,18,21-22H,5-14,16-17,19-20H2,1-4H3/b18-15+. The van der Waals surface area contributed by atoms with Gasteiger partial charge in [-0.2, -0.15) is 0 Å². The van der Waals surface area contributed by atoms with Gasteiger partial charge in [-0.25, -0.2) is 4.79 Å². The van der Waals surface area contributed by atoms with Crippen molar-refractivity contribution in [2.45, 2.75) is 105 Å². The van der Waals surface area contributed by atoms with Crippen LogP contribution in [-0.4, -0.2) is 19.4 Å². The van der Waals surface area contributed by atoms with E-state index in [4.69, 9.17) is 9.47 Å². The van der Waals surface area contributed by atoms with Gasteiger partial charge in [0.15, 0.2) is 0 Å². The van der Waals surface area contributed by atoms with E-state index in [2.05, 4.69) is 26.0 Å². The van der Waals surface area contributed by atoms with Crippen molar-refractivity contribution in [2.75, 3.05) is 13.2 Å². The van der Waals surface area contributed by atoms with Crippen LogP contribution in [0.3, 0.4) is 0 Å². The molecule has 0 N–H and O–H groups in total. The molecule has 0 heterocycles. The van der Waals surface area contributed by atoms with Gasteiger partial charge in [-0.05, 0) is 37.5 Å². The molecule has 3 nitrogen and oxygen atoms in total. The Kier molecular flexibility index (Phi) is 18.1. The summed E-state index contributed by atoms with van der Waals surface area (Å²) in [5.74, 6) is 1.09. The highest BCUT2D eigenvalue weighted by atomic mass is 16.7. The number of ether oxygens (including phenoxy) is 2. The fourth-order valence-corrected chi connectivity index (χ4v) is 2.82. The Morgan fingerprint density at radius 1 is 0.846 bits per heavy atom. The molecule has 26 heavy (non-hydrogen) atoms. The first kappa shape index (κ1) is 25.0. The topological polar surface area (TPSA) is 35.5 Å². The van der Waals surface area contributed by atoms with E-state index in [0.717, 1.165) is 18.8 Å². The van der Waals surface area contributed by atoms with Crippen LogP contribution in [0, 0.1) is 11.8 Å². The number of allylic oxidation sites excluding steroid dienone is 2. The molecule has 0 aromatic heterocycles. The Hall–Kier alpha value is -0.990. The zero-order valence-electron chi connectivity index (χ0n) is 17.9. The van der Waals surface area contributed by atoms with E-state index in [1.165, 1.54) is 64.2 Å². The van der Waals surface area contributed by atoms with Gasteiger partial charge in [0.1, 0.15) is 0 Å². The smallest absolute Gasteiger partial charge is 0.434 e. The van der Waals surface area contributed by atoms with E-state index in [1.807, 2.05) is 13.8 Å². The highest BCUT2D eigenvalue weighted by molar-refractivity contribution is 5.59. The van der Waals surface area contributed by atoms with Crippen LogP contribution >= 0.6 is 0 Å². The van der Waals surface area contributed by atoms with Crippen molar-refractivity contribution in [1.29, 1.82) is 0 Å². The van der Waals surface area contributed by atoms with E-state index in [9.17, 15) is 4.79 Å². The molecule has 1 unspecified atom stereocenters. The summed E-state index contributed by atoms with van der Waals surface area (Å²) in [6.07, 6.45) is 19.4. The third kappa shape index (κ3) is 19.3. The zero-order valence-corrected chi connectivity index (χ0v) is 17.9. The highest BCUT2D eigenvalue weighted by Gasteiger charge is 2.04. The minimum Gasteiger partial charge on any atom is -0.434 e. The summed E-state index contributed by atoms with van der Waals surface area (Å²) in [6, 6.07) is 0. The van der Waals surface area contributed by atoms with E-state index in [1.54, 1.807) is 0 Å². The molecule has 0 spiro atoms. The van der Waals surface area contributed by atoms with Gasteiger partial charge < -0.3 is 9.47 Å². The first-order valence-electron chi connectivity index (χ1n) is 11.0. The van der Waals surface area contributed by atoms with E-state index in [-0.39, 0.29) is 0 Å². The summed E-state index contributed by atoms with van der Waals surface area (Å²) in [6.45, 7) is 9.54. The van der Waals surface area contributed by atoms with Crippen molar-refractivity contribution in [3.63, 3.8) is 0 Å². The number of rotatable bonds is 17. The fraction of sp³-hybridized carbons (Fsp3) is 0.870. The number of hydrogen-bond donors (Lipinski definition) is 0. The van der Waals surface area contributed by atoms with Gasteiger partial charge in [0.2, 0.25) is 0 Å². The Morgan fingerprint density at radius 2 is 1.50 bits per heavy atom. The molecule has 0 amide bonds. The van der Waals surface area contributed by atoms with Crippen molar-refractivity contribution >= 4 is 6.16 Å². The molecule has 0 saturated carbocycles. The van der Waals surface area contributed by atoms with Crippen LogP contribution in [0.4, 0.5) is 4.79 Å². The molecule has 0 bridgehead atoms. The van der Waals surface area contributed by atoms with Gasteiger partial charge in [0.05, 0.1) is 13.2 Å². The molecule has 0 rings (SSSR count). The maximum Gasteiger partial charge on any atom is 0.508 e. The van der Waals surface area contributed by atoms with Crippen molar-refractivity contribution < 1.29 is 14.3 Å². The van der Waals surface area contributed by atoms with Crippen molar-refractivity contribution in [2.24, 2.45) is 11.8 Å². The average Bonchev–Trinajstić information content (AvgIpc) is 2.61. The molecule has 0 saturated heterocycles. The summed E-state index contributed by atoms with van der Waals surface area (Å²) in [4.78, 5) is 11.3. The molecule has 1 atom stereocenters. The molecule has 0 aliphatic rings. The molecule has 154 valence electrons. The minimum absolute atomic E-state index is 0.353. The Balaban J connectivity index is 3.30. The lowest BCUT2D eigenvalue weighted by Gasteiger charge is -2.07. The Labute approximate surface area is 162 Å². The number of carbonyl (C=O) groups excluding carboxylic acids is 1. The quantitative estimate of drug-likeness (QED) is 0.150. The lowest BCUT2D eigenvalue weighted by molar-refractivity contribution is 0.0465. The normalized spacial score (nSPS) is 12.7. The maximum atomic E-state index is 11.3. The van der Waals surface area contributed by atoms with Gasteiger partial charge in [-0.15, -0.1) is 0 Å². The lowest BCUT2D eigenvalue weighted by atomic mass is 10.0. The molecule has 0 aliphatic heterocycles. The highest BCUT2D eigenvalue weighted by Crippen LogP contribution is 2.13. The van der Waals surface area contributed by atoms with Crippen LogP contribution < -0.4 is 0 Å². The number of carbonyl (C=O) groups is 1. The second kappa shape index (κ2) is 18.8. The largest absolute Gasteiger partial charge is 0.508 e. The molecule has 0 aliphatic carbocycles. The van der Waals surface area contributed by atoms with Crippen molar-refractivity contribution in [3.8, 4) is 0 Å². The summed E-state index contributed by atoms with van der Waals surface area (Å²) in [5, 5.41) is 0. The van der Waals surface area contributed by atoms with Gasteiger partial charge in [-0.3, -0.25) is 0 Å². The molecule has 0 fully saturated rings. The summed E-state index contributed by atoms with van der Waals surface area (Å²) in [7, 11) is 0. The van der Waals surface area contributed by atoms with Crippen LogP contribution in [0.1, 0.15) is 105 Å². The Morgan fingerprint density at radius 3 is 2.19 bits per heavy atom. The molecular weight excluding hydrogens is 324 g/mol. The van der Waals surface area contributed by atoms with Gasteiger partial charge >= 0.3 is 6.16 Å². The van der Waals surface area contributed by atoms with Crippen LogP contribution in [0.2, 0.25) is 0 Å². The van der Waals surface area contributed by atoms with E-state index >= 15 is 0 Å². The maximum absolute atomic E-state index is 11.3. The summed E-state index contributed by atoms with van der Waals surface area (Å²) in [5.41, 5.74) is 0. The zero-order chi connectivity index (χ0) is 19.5.